The molecule has 0 saturated heterocycles. The Morgan fingerprint density at radius 2 is 2.05 bits per heavy atom. The monoisotopic (exact) mass is 284 g/mol. The van der Waals surface area contributed by atoms with Crippen molar-refractivity contribution in [2.45, 2.75) is 12.5 Å². The summed E-state index contributed by atoms with van der Waals surface area (Å²) in [5.41, 5.74) is 1.21. The van der Waals surface area contributed by atoms with Crippen molar-refractivity contribution in [3.05, 3.63) is 76.6 Å². The van der Waals surface area contributed by atoms with Crippen molar-refractivity contribution < 1.29 is 4.42 Å². The van der Waals surface area contributed by atoms with Gasteiger partial charge in [-0.3, -0.25) is 0 Å². The van der Waals surface area contributed by atoms with Crippen LogP contribution in [0.3, 0.4) is 0 Å². The van der Waals surface area contributed by atoms with E-state index in [1.54, 1.807) is 17.6 Å². The van der Waals surface area contributed by atoms with Gasteiger partial charge in [-0.15, -0.1) is 11.3 Å². The van der Waals surface area contributed by atoms with E-state index in [1.165, 1.54) is 5.56 Å². The molecule has 2 heterocycles. The smallest absolute Gasteiger partial charge is 0.125 e. The van der Waals surface area contributed by atoms with Gasteiger partial charge in [0.1, 0.15) is 5.76 Å². The van der Waals surface area contributed by atoms with Crippen LogP contribution in [0.1, 0.15) is 22.4 Å². The molecular formula is C16H16N2OS. The average molecular weight is 284 g/mol. The van der Waals surface area contributed by atoms with Gasteiger partial charge in [-0.1, -0.05) is 30.3 Å². The molecular weight excluding hydrogens is 268 g/mol. The fourth-order valence-corrected chi connectivity index (χ4v) is 2.80. The molecule has 0 saturated carbocycles. The average Bonchev–Trinajstić information content (AvgIpc) is 3.18. The summed E-state index contributed by atoms with van der Waals surface area (Å²) in [6, 6.07) is 14.4. The van der Waals surface area contributed by atoms with Crippen LogP contribution in [0.4, 0.5) is 0 Å². The predicted molar refractivity (Wildman–Crippen MR) is 80.8 cm³/mol. The molecule has 0 fully saturated rings. The minimum absolute atomic E-state index is 0.0890. The van der Waals surface area contributed by atoms with Crippen LogP contribution in [0.15, 0.2) is 64.7 Å². The third-order valence-electron chi connectivity index (χ3n) is 3.13. The lowest BCUT2D eigenvalue weighted by Gasteiger charge is -2.16. The Labute approximate surface area is 122 Å². The topological polar surface area (TPSA) is 38.1 Å². The maximum absolute atomic E-state index is 5.56. The van der Waals surface area contributed by atoms with E-state index < -0.39 is 0 Å². The minimum Gasteiger partial charge on any atom is -0.467 e. The van der Waals surface area contributed by atoms with E-state index in [0.29, 0.717) is 0 Å². The lowest BCUT2D eigenvalue weighted by Crippen LogP contribution is -2.24. The molecule has 3 rings (SSSR count). The van der Waals surface area contributed by atoms with Crippen LogP contribution >= 0.6 is 11.3 Å². The van der Waals surface area contributed by atoms with Crippen molar-refractivity contribution in [2.24, 2.45) is 0 Å². The SMILES string of the molecule is c1ccc(C(NCCc2nccs2)c2ccco2)cc1. The molecule has 1 atom stereocenters. The Morgan fingerprint density at radius 1 is 1.15 bits per heavy atom. The minimum atomic E-state index is 0.0890. The van der Waals surface area contributed by atoms with E-state index in [0.717, 1.165) is 23.7 Å². The number of nitrogens with one attached hydrogen (secondary N) is 1. The number of rotatable bonds is 6. The molecule has 0 aliphatic heterocycles. The molecule has 1 N–H and O–H groups in total. The molecule has 1 aromatic carbocycles. The molecule has 4 heteroatoms. The maximum Gasteiger partial charge on any atom is 0.125 e. The highest BCUT2D eigenvalue weighted by Crippen LogP contribution is 2.22. The number of thiazole rings is 1. The lowest BCUT2D eigenvalue weighted by molar-refractivity contribution is 0.448. The van der Waals surface area contributed by atoms with Gasteiger partial charge in [-0.2, -0.15) is 0 Å². The molecule has 3 aromatic rings. The van der Waals surface area contributed by atoms with Gasteiger partial charge < -0.3 is 9.73 Å². The standard InChI is InChI=1S/C16H16N2OS/c1-2-5-13(6-3-1)16(14-7-4-11-19-14)18-9-8-15-17-10-12-20-15/h1-7,10-12,16,18H,8-9H2. The Hall–Kier alpha value is -1.91. The fraction of sp³-hybridized carbons (Fsp3) is 0.188. The molecule has 0 aliphatic carbocycles. The number of nitrogens with zero attached hydrogens (tertiary/aromatic N) is 1. The van der Waals surface area contributed by atoms with Gasteiger partial charge in [-0.05, 0) is 17.7 Å². The number of hydrogen-bond donors (Lipinski definition) is 1. The van der Waals surface area contributed by atoms with Crippen LogP contribution in [0.2, 0.25) is 0 Å². The quantitative estimate of drug-likeness (QED) is 0.750. The van der Waals surface area contributed by atoms with Crippen molar-refractivity contribution in [3.8, 4) is 0 Å². The highest BCUT2D eigenvalue weighted by atomic mass is 32.1. The molecule has 102 valence electrons. The molecule has 0 aliphatic rings. The van der Waals surface area contributed by atoms with Crippen molar-refractivity contribution in [1.82, 2.24) is 10.3 Å². The summed E-state index contributed by atoms with van der Waals surface area (Å²) < 4.78 is 5.56. The molecule has 0 radical (unpaired) electrons. The van der Waals surface area contributed by atoms with Crippen LogP contribution in [0, 0.1) is 0 Å². The van der Waals surface area contributed by atoms with Gasteiger partial charge in [0, 0.05) is 24.5 Å². The number of hydrogen-bond acceptors (Lipinski definition) is 4. The van der Waals surface area contributed by atoms with Crippen LogP contribution < -0.4 is 5.32 Å². The second-order valence-electron chi connectivity index (χ2n) is 4.49. The zero-order valence-corrected chi connectivity index (χ0v) is 11.8. The molecule has 3 nitrogen and oxygen atoms in total. The van der Waals surface area contributed by atoms with E-state index >= 15 is 0 Å². The van der Waals surface area contributed by atoms with Gasteiger partial charge in [0.25, 0.3) is 0 Å². The van der Waals surface area contributed by atoms with E-state index in [9.17, 15) is 0 Å². The van der Waals surface area contributed by atoms with Crippen LogP contribution in [-0.2, 0) is 6.42 Å². The molecule has 0 amide bonds. The normalized spacial score (nSPS) is 12.4. The van der Waals surface area contributed by atoms with Gasteiger partial charge in [-0.25, -0.2) is 4.98 Å². The van der Waals surface area contributed by atoms with E-state index in [2.05, 4.69) is 22.4 Å². The van der Waals surface area contributed by atoms with Crippen LogP contribution in [-0.4, -0.2) is 11.5 Å². The summed E-state index contributed by atoms with van der Waals surface area (Å²) in [6.07, 6.45) is 4.50. The molecule has 2 aromatic heterocycles. The van der Waals surface area contributed by atoms with Gasteiger partial charge >= 0.3 is 0 Å². The second-order valence-corrected chi connectivity index (χ2v) is 5.47. The Balaban J connectivity index is 1.70. The summed E-state index contributed by atoms with van der Waals surface area (Å²) in [6.45, 7) is 0.869. The first kappa shape index (κ1) is 13.1. The van der Waals surface area contributed by atoms with Crippen LogP contribution in [0.25, 0.3) is 0 Å². The van der Waals surface area contributed by atoms with Crippen molar-refractivity contribution in [2.75, 3.05) is 6.54 Å². The Morgan fingerprint density at radius 3 is 2.75 bits per heavy atom. The second kappa shape index (κ2) is 6.50. The molecule has 0 bridgehead atoms. The first-order valence-corrected chi connectivity index (χ1v) is 7.51. The van der Waals surface area contributed by atoms with Gasteiger partial charge in [0.15, 0.2) is 0 Å². The summed E-state index contributed by atoms with van der Waals surface area (Å²) >= 11 is 1.69. The lowest BCUT2D eigenvalue weighted by atomic mass is 10.0. The molecule has 1 unspecified atom stereocenters. The first-order chi connectivity index (χ1) is 9.93. The van der Waals surface area contributed by atoms with E-state index in [-0.39, 0.29) is 6.04 Å². The largest absolute Gasteiger partial charge is 0.467 e. The Kier molecular flexibility index (Phi) is 4.25. The first-order valence-electron chi connectivity index (χ1n) is 6.63. The van der Waals surface area contributed by atoms with Crippen molar-refractivity contribution >= 4 is 11.3 Å². The summed E-state index contributed by atoms with van der Waals surface area (Å²) in [7, 11) is 0. The van der Waals surface area contributed by atoms with Gasteiger partial charge in [0.2, 0.25) is 0 Å². The van der Waals surface area contributed by atoms with E-state index in [4.69, 9.17) is 4.42 Å². The molecule has 0 spiro atoms. The Bertz CT molecular complexity index is 605. The van der Waals surface area contributed by atoms with Gasteiger partial charge in [0.05, 0.1) is 17.3 Å². The number of furan rings is 1. The molecule has 20 heavy (non-hydrogen) atoms. The predicted octanol–water partition coefficient (Wildman–Crippen LogP) is 3.66. The van der Waals surface area contributed by atoms with Crippen molar-refractivity contribution in [3.63, 3.8) is 0 Å². The van der Waals surface area contributed by atoms with E-state index in [1.807, 2.05) is 41.9 Å². The maximum atomic E-state index is 5.56. The summed E-state index contributed by atoms with van der Waals surface area (Å²) in [4.78, 5) is 4.30. The highest BCUT2D eigenvalue weighted by Gasteiger charge is 2.15. The zero-order chi connectivity index (χ0) is 13.6. The zero-order valence-electron chi connectivity index (χ0n) is 11.0. The third kappa shape index (κ3) is 3.15. The van der Waals surface area contributed by atoms with Crippen molar-refractivity contribution in [1.29, 1.82) is 0 Å². The highest BCUT2D eigenvalue weighted by molar-refractivity contribution is 7.09. The number of benzene rings is 1. The number of aromatic nitrogens is 1. The van der Waals surface area contributed by atoms with Crippen LogP contribution in [0.5, 0.6) is 0 Å². The third-order valence-corrected chi connectivity index (χ3v) is 3.97. The fourth-order valence-electron chi connectivity index (χ4n) is 2.18. The summed E-state index contributed by atoms with van der Waals surface area (Å²) in [5, 5.41) is 6.72. The summed E-state index contributed by atoms with van der Waals surface area (Å²) in [5.74, 6) is 0.940.